The lowest BCUT2D eigenvalue weighted by Crippen LogP contribution is -2.22. The summed E-state index contributed by atoms with van der Waals surface area (Å²) >= 11 is 0. The van der Waals surface area contributed by atoms with Gasteiger partial charge in [0.1, 0.15) is 5.75 Å². The molecule has 4 heteroatoms. The van der Waals surface area contributed by atoms with Gasteiger partial charge in [-0.2, -0.15) is 0 Å². The van der Waals surface area contributed by atoms with Crippen LogP contribution >= 0.6 is 0 Å². The van der Waals surface area contributed by atoms with Gasteiger partial charge in [0, 0.05) is 11.5 Å². The van der Waals surface area contributed by atoms with Crippen molar-refractivity contribution in [1.82, 2.24) is 0 Å². The lowest BCUT2D eigenvalue weighted by Gasteiger charge is -2.25. The number of benzene rings is 2. The Morgan fingerprint density at radius 3 is 2.61 bits per heavy atom. The van der Waals surface area contributed by atoms with Crippen molar-refractivity contribution in [1.29, 1.82) is 0 Å². The van der Waals surface area contributed by atoms with Gasteiger partial charge in [-0.15, -0.1) is 0 Å². The Balaban J connectivity index is 2.01. The van der Waals surface area contributed by atoms with Gasteiger partial charge in [-0.3, -0.25) is 4.79 Å². The molecule has 1 aliphatic heterocycles. The molecule has 0 unspecified atom stereocenters. The van der Waals surface area contributed by atoms with Crippen LogP contribution in [0, 0.1) is 0 Å². The van der Waals surface area contributed by atoms with E-state index in [-0.39, 0.29) is 30.4 Å². The fraction of sp³-hybridized carbons (Fsp3) is 0.263. The van der Waals surface area contributed by atoms with Crippen molar-refractivity contribution in [3.8, 4) is 5.75 Å². The molecule has 0 saturated carbocycles. The Hall–Kier alpha value is -2.62. The zero-order valence-electron chi connectivity index (χ0n) is 13.1. The second-order valence-electron chi connectivity index (χ2n) is 5.85. The highest BCUT2D eigenvalue weighted by atomic mass is 16.5. The smallest absolute Gasteiger partial charge is 0.338 e. The number of rotatable bonds is 3. The fourth-order valence-corrected chi connectivity index (χ4v) is 2.75. The van der Waals surface area contributed by atoms with E-state index in [1.807, 2.05) is 44.2 Å². The molecule has 2 aromatic rings. The third-order valence-corrected chi connectivity index (χ3v) is 3.76. The summed E-state index contributed by atoms with van der Waals surface area (Å²) in [5.41, 5.74) is 2.34. The quantitative estimate of drug-likeness (QED) is 0.641. The first-order valence-electron chi connectivity index (χ1n) is 7.65. The van der Waals surface area contributed by atoms with E-state index in [0.29, 0.717) is 11.3 Å². The van der Waals surface area contributed by atoms with Gasteiger partial charge in [0.25, 0.3) is 0 Å². The van der Waals surface area contributed by atoms with Gasteiger partial charge in [0.15, 0.2) is 0 Å². The Kier molecular flexibility index (Phi) is 4.15. The first kappa shape index (κ1) is 15.3. The highest BCUT2D eigenvalue weighted by Crippen LogP contribution is 2.39. The second-order valence-corrected chi connectivity index (χ2v) is 5.85. The first-order valence-corrected chi connectivity index (χ1v) is 7.65. The van der Waals surface area contributed by atoms with E-state index in [9.17, 15) is 9.59 Å². The molecule has 0 aromatic heterocycles. The average Bonchev–Trinajstić information content (AvgIpc) is 2.53. The van der Waals surface area contributed by atoms with E-state index in [4.69, 9.17) is 9.47 Å². The van der Waals surface area contributed by atoms with E-state index in [1.165, 1.54) is 0 Å². The van der Waals surface area contributed by atoms with E-state index < -0.39 is 0 Å². The summed E-state index contributed by atoms with van der Waals surface area (Å²) in [6.45, 7) is 3.62. The predicted molar refractivity (Wildman–Crippen MR) is 85.5 cm³/mol. The molecule has 2 aromatic carbocycles. The van der Waals surface area contributed by atoms with Gasteiger partial charge in [0.05, 0.1) is 18.1 Å². The molecule has 1 atom stereocenters. The van der Waals surface area contributed by atoms with Crippen molar-refractivity contribution < 1.29 is 19.1 Å². The van der Waals surface area contributed by atoms with Crippen LogP contribution in [0.2, 0.25) is 0 Å². The van der Waals surface area contributed by atoms with Gasteiger partial charge < -0.3 is 9.47 Å². The van der Waals surface area contributed by atoms with Gasteiger partial charge in [-0.05, 0) is 37.6 Å². The maximum Gasteiger partial charge on any atom is 0.338 e. The number of ether oxygens (including phenoxy) is 2. The average molecular weight is 310 g/mol. The lowest BCUT2D eigenvalue weighted by molar-refractivity contribution is -0.135. The lowest BCUT2D eigenvalue weighted by atomic mass is 9.85. The molecule has 4 nitrogen and oxygen atoms in total. The molecular weight excluding hydrogens is 292 g/mol. The van der Waals surface area contributed by atoms with Crippen molar-refractivity contribution in [2.45, 2.75) is 32.3 Å². The van der Waals surface area contributed by atoms with Crippen LogP contribution in [0.15, 0.2) is 48.5 Å². The summed E-state index contributed by atoms with van der Waals surface area (Å²) in [7, 11) is 0. The third-order valence-electron chi connectivity index (χ3n) is 3.76. The minimum Gasteiger partial charge on any atom is -0.459 e. The van der Waals surface area contributed by atoms with Crippen LogP contribution in [-0.2, 0) is 9.53 Å². The molecular formula is C19H18O4. The molecule has 0 amide bonds. The largest absolute Gasteiger partial charge is 0.459 e. The molecule has 23 heavy (non-hydrogen) atoms. The van der Waals surface area contributed by atoms with E-state index in [2.05, 4.69) is 0 Å². The summed E-state index contributed by atoms with van der Waals surface area (Å²) in [5, 5.41) is 0. The molecule has 0 aliphatic carbocycles. The number of hydrogen-bond donors (Lipinski definition) is 0. The minimum atomic E-state index is -0.369. The zero-order chi connectivity index (χ0) is 16.4. The van der Waals surface area contributed by atoms with Crippen LogP contribution in [0.3, 0.4) is 0 Å². The monoisotopic (exact) mass is 310 g/mol. The van der Waals surface area contributed by atoms with Gasteiger partial charge >= 0.3 is 11.9 Å². The van der Waals surface area contributed by atoms with Crippen LogP contribution in [0.1, 0.15) is 47.7 Å². The molecule has 0 bridgehead atoms. The summed E-state index contributed by atoms with van der Waals surface area (Å²) in [5.74, 6) is -0.231. The fourth-order valence-electron chi connectivity index (χ4n) is 2.75. The second kappa shape index (κ2) is 6.24. The van der Waals surface area contributed by atoms with Crippen LogP contribution in [0.5, 0.6) is 5.75 Å². The molecule has 0 saturated heterocycles. The number of carbonyl (C=O) groups is 2. The standard InChI is InChI=1S/C19H18O4/c1-12(2)22-19(21)14-8-9-17-16(10-14)15(11-18(20)23-17)13-6-4-3-5-7-13/h3-10,12,15H,11H2,1-2H3/t15-/m1/s1. The maximum absolute atomic E-state index is 12.1. The van der Waals surface area contributed by atoms with Gasteiger partial charge in [0.2, 0.25) is 0 Å². The van der Waals surface area contributed by atoms with Crippen molar-refractivity contribution >= 4 is 11.9 Å². The van der Waals surface area contributed by atoms with Crippen LogP contribution in [0.4, 0.5) is 0 Å². The summed E-state index contributed by atoms with van der Waals surface area (Å²) in [4.78, 5) is 24.0. The van der Waals surface area contributed by atoms with Gasteiger partial charge in [-0.1, -0.05) is 30.3 Å². The zero-order valence-corrected chi connectivity index (χ0v) is 13.1. The van der Waals surface area contributed by atoms with Crippen LogP contribution < -0.4 is 4.74 Å². The topological polar surface area (TPSA) is 52.6 Å². The first-order chi connectivity index (χ1) is 11.0. The van der Waals surface area contributed by atoms with Crippen LogP contribution in [0.25, 0.3) is 0 Å². The van der Waals surface area contributed by atoms with Crippen molar-refractivity contribution in [2.75, 3.05) is 0 Å². The third kappa shape index (κ3) is 3.26. The SMILES string of the molecule is CC(C)OC(=O)c1ccc2c(c1)[C@@H](c1ccccc1)CC(=O)O2. The molecule has 0 spiro atoms. The molecule has 1 heterocycles. The molecule has 0 N–H and O–H groups in total. The molecule has 1 aliphatic rings. The maximum atomic E-state index is 12.1. The minimum absolute atomic E-state index is 0.112. The summed E-state index contributed by atoms with van der Waals surface area (Å²) in [6.07, 6.45) is 0.0842. The van der Waals surface area contributed by atoms with Gasteiger partial charge in [-0.25, -0.2) is 4.79 Å². The van der Waals surface area contributed by atoms with Crippen molar-refractivity contribution in [2.24, 2.45) is 0 Å². The van der Waals surface area contributed by atoms with E-state index in [1.54, 1.807) is 18.2 Å². The predicted octanol–water partition coefficient (Wildman–Crippen LogP) is 3.69. The number of fused-ring (bicyclic) bond motifs is 1. The molecule has 3 rings (SSSR count). The summed E-state index contributed by atoms with van der Waals surface area (Å²) in [6, 6.07) is 14.8. The highest BCUT2D eigenvalue weighted by molar-refractivity contribution is 5.90. The normalized spacial score (nSPS) is 16.7. The Morgan fingerprint density at radius 2 is 1.91 bits per heavy atom. The van der Waals surface area contributed by atoms with E-state index >= 15 is 0 Å². The Labute approximate surface area is 135 Å². The van der Waals surface area contributed by atoms with Crippen molar-refractivity contribution in [3.05, 3.63) is 65.2 Å². The number of carbonyl (C=O) groups excluding carboxylic acids is 2. The molecule has 0 fully saturated rings. The highest BCUT2D eigenvalue weighted by Gasteiger charge is 2.29. The Bertz CT molecular complexity index is 734. The number of esters is 2. The summed E-state index contributed by atoms with van der Waals surface area (Å²) < 4.78 is 10.6. The number of hydrogen-bond acceptors (Lipinski definition) is 4. The van der Waals surface area contributed by atoms with E-state index in [0.717, 1.165) is 11.1 Å². The van der Waals surface area contributed by atoms with Crippen LogP contribution in [-0.4, -0.2) is 18.0 Å². The molecule has 0 radical (unpaired) electrons. The Morgan fingerprint density at radius 1 is 1.17 bits per heavy atom. The van der Waals surface area contributed by atoms with Crippen molar-refractivity contribution in [3.63, 3.8) is 0 Å². The molecule has 118 valence electrons.